The summed E-state index contributed by atoms with van der Waals surface area (Å²) in [6, 6.07) is 7.37. The van der Waals surface area contributed by atoms with Crippen molar-refractivity contribution in [1.29, 1.82) is 0 Å². The van der Waals surface area contributed by atoms with Crippen molar-refractivity contribution in [3.05, 3.63) is 47.7 Å². The van der Waals surface area contributed by atoms with E-state index in [9.17, 15) is 21.6 Å². The van der Waals surface area contributed by atoms with Gasteiger partial charge in [0.15, 0.2) is 6.61 Å². The smallest absolute Gasteiger partial charge is 0.422 e. The van der Waals surface area contributed by atoms with E-state index in [4.69, 9.17) is 4.74 Å². The molecule has 6 nitrogen and oxygen atoms in total. The predicted molar refractivity (Wildman–Crippen MR) is 87.5 cm³/mol. The molecule has 0 amide bonds. The van der Waals surface area contributed by atoms with Gasteiger partial charge in [-0.15, -0.1) is 0 Å². The van der Waals surface area contributed by atoms with Crippen LogP contribution in [0.25, 0.3) is 0 Å². The highest BCUT2D eigenvalue weighted by Crippen LogP contribution is 2.23. The first-order valence-electron chi connectivity index (χ1n) is 7.40. The number of hydrogen-bond acceptors (Lipinski definition) is 5. The van der Waals surface area contributed by atoms with Crippen LogP contribution in [0, 0.1) is 6.92 Å². The number of benzene rings is 1. The quantitative estimate of drug-likeness (QED) is 0.787. The minimum Gasteiger partial charge on any atom is -0.497 e. The average molecular weight is 390 g/mol. The molecule has 10 heteroatoms. The van der Waals surface area contributed by atoms with Crippen molar-refractivity contribution in [2.24, 2.45) is 0 Å². The van der Waals surface area contributed by atoms with Gasteiger partial charge in [-0.05, 0) is 36.8 Å². The van der Waals surface area contributed by atoms with Crippen molar-refractivity contribution in [3.8, 4) is 11.6 Å². The van der Waals surface area contributed by atoms with E-state index < -0.39 is 22.8 Å². The second-order valence-electron chi connectivity index (χ2n) is 5.33. The van der Waals surface area contributed by atoms with Crippen LogP contribution in [0.3, 0.4) is 0 Å². The van der Waals surface area contributed by atoms with Crippen molar-refractivity contribution in [2.75, 3.05) is 13.7 Å². The molecule has 1 aromatic carbocycles. The fourth-order valence-electron chi connectivity index (χ4n) is 2.14. The normalized spacial score (nSPS) is 12.0. The molecule has 0 unspecified atom stereocenters. The third kappa shape index (κ3) is 5.33. The van der Waals surface area contributed by atoms with E-state index >= 15 is 0 Å². The summed E-state index contributed by atoms with van der Waals surface area (Å²) in [6.07, 6.45) is -3.26. The van der Waals surface area contributed by atoms with Crippen LogP contribution in [-0.2, 0) is 16.6 Å². The van der Waals surface area contributed by atoms with Crippen LogP contribution >= 0.6 is 0 Å². The lowest BCUT2D eigenvalue weighted by molar-refractivity contribution is -0.154. The number of aryl methyl sites for hydroxylation is 1. The molecule has 2 aromatic rings. The molecule has 0 saturated heterocycles. The zero-order valence-electron chi connectivity index (χ0n) is 14.0. The molecule has 0 saturated carbocycles. The molecule has 0 aliphatic rings. The highest BCUT2D eigenvalue weighted by atomic mass is 32.2. The van der Waals surface area contributed by atoms with Crippen LogP contribution < -0.4 is 14.2 Å². The second-order valence-corrected chi connectivity index (χ2v) is 7.06. The van der Waals surface area contributed by atoms with Crippen LogP contribution in [0.4, 0.5) is 13.2 Å². The summed E-state index contributed by atoms with van der Waals surface area (Å²) in [7, 11) is -2.42. The fourth-order valence-corrected chi connectivity index (χ4v) is 3.37. The van der Waals surface area contributed by atoms with Crippen molar-refractivity contribution in [2.45, 2.75) is 24.5 Å². The van der Waals surface area contributed by atoms with Gasteiger partial charge in [0.1, 0.15) is 5.75 Å². The molecule has 0 spiro atoms. The second kappa shape index (κ2) is 7.92. The van der Waals surface area contributed by atoms with Crippen LogP contribution in [0.5, 0.6) is 11.6 Å². The molecule has 0 atom stereocenters. The Balaban J connectivity index is 2.15. The van der Waals surface area contributed by atoms with Crippen molar-refractivity contribution in [3.63, 3.8) is 0 Å². The van der Waals surface area contributed by atoms with Gasteiger partial charge in [-0.1, -0.05) is 6.07 Å². The number of rotatable bonds is 7. The molecule has 1 heterocycles. The summed E-state index contributed by atoms with van der Waals surface area (Å²) < 4.78 is 73.8. The molecule has 0 aliphatic carbocycles. The molecule has 0 bridgehead atoms. The highest BCUT2D eigenvalue weighted by Gasteiger charge is 2.29. The Hall–Kier alpha value is -2.33. The summed E-state index contributed by atoms with van der Waals surface area (Å²) in [6.45, 7) is -0.171. The Morgan fingerprint density at radius 2 is 1.96 bits per heavy atom. The van der Waals surface area contributed by atoms with Gasteiger partial charge in [-0.25, -0.2) is 18.1 Å². The largest absolute Gasteiger partial charge is 0.497 e. The van der Waals surface area contributed by atoms with Gasteiger partial charge in [0.2, 0.25) is 15.9 Å². The van der Waals surface area contributed by atoms with E-state index in [-0.39, 0.29) is 22.9 Å². The summed E-state index contributed by atoms with van der Waals surface area (Å²) in [5, 5.41) is 0. The summed E-state index contributed by atoms with van der Waals surface area (Å²) >= 11 is 0. The standard InChI is InChI=1S/C16H17F3N2O4S/c1-11-8-13(24-2)5-6-14(11)26(22,23)21-9-12-4-3-7-20-15(12)25-10-16(17,18)19/h3-8,21H,9-10H2,1-2H3. The van der Waals surface area contributed by atoms with E-state index in [2.05, 4.69) is 14.4 Å². The van der Waals surface area contributed by atoms with E-state index in [1.54, 1.807) is 13.0 Å². The minimum atomic E-state index is -4.52. The van der Waals surface area contributed by atoms with E-state index in [0.717, 1.165) is 0 Å². The topological polar surface area (TPSA) is 77.5 Å². The number of methoxy groups -OCH3 is 1. The van der Waals surface area contributed by atoms with E-state index in [1.165, 1.54) is 37.6 Å². The molecule has 142 valence electrons. The first kappa shape index (κ1) is 20.0. The lowest BCUT2D eigenvalue weighted by atomic mass is 10.2. The monoisotopic (exact) mass is 390 g/mol. The molecule has 1 N–H and O–H groups in total. The number of ether oxygens (including phenoxy) is 2. The number of nitrogens with one attached hydrogen (secondary N) is 1. The van der Waals surface area contributed by atoms with Gasteiger partial charge in [0.25, 0.3) is 0 Å². The lowest BCUT2D eigenvalue weighted by Crippen LogP contribution is -2.25. The van der Waals surface area contributed by atoms with E-state index in [1.807, 2.05) is 0 Å². The maximum Gasteiger partial charge on any atom is 0.422 e. The van der Waals surface area contributed by atoms with Crippen LogP contribution in [-0.4, -0.2) is 33.3 Å². The van der Waals surface area contributed by atoms with Crippen molar-refractivity contribution >= 4 is 10.0 Å². The van der Waals surface area contributed by atoms with Gasteiger partial charge >= 0.3 is 6.18 Å². The minimum absolute atomic E-state index is 0.0416. The molecule has 1 aromatic heterocycles. The number of alkyl halides is 3. The van der Waals surface area contributed by atoms with Crippen molar-refractivity contribution in [1.82, 2.24) is 9.71 Å². The molecule has 0 fully saturated rings. The predicted octanol–water partition coefficient (Wildman–Crippen LogP) is 2.82. The zero-order chi connectivity index (χ0) is 19.4. The van der Waals surface area contributed by atoms with Crippen molar-refractivity contribution < 1.29 is 31.1 Å². The molecular formula is C16H17F3N2O4S. The summed E-state index contributed by atoms with van der Waals surface area (Å²) in [5.74, 6) is 0.232. The first-order valence-corrected chi connectivity index (χ1v) is 8.88. The SMILES string of the molecule is COc1ccc(S(=O)(=O)NCc2cccnc2OCC(F)(F)F)c(C)c1. The Morgan fingerprint density at radius 1 is 1.23 bits per heavy atom. The zero-order valence-corrected chi connectivity index (χ0v) is 14.8. The fraction of sp³-hybridized carbons (Fsp3) is 0.312. The summed E-state index contributed by atoms with van der Waals surface area (Å²) in [4.78, 5) is 3.76. The Morgan fingerprint density at radius 3 is 2.58 bits per heavy atom. The molecule has 26 heavy (non-hydrogen) atoms. The number of pyridine rings is 1. The number of aromatic nitrogens is 1. The first-order chi connectivity index (χ1) is 12.1. The van der Waals surface area contributed by atoms with Gasteiger partial charge in [0.05, 0.1) is 12.0 Å². The van der Waals surface area contributed by atoms with Crippen LogP contribution in [0.2, 0.25) is 0 Å². The molecule has 0 radical (unpaired) electrons. The Labute approximate surface area is 149 Å². The third-order valence-electron chi connectivity index (χ3n) is 3.35. The number of nitrogens with zero attached hydrogens (tertiary/aromatic N) is 1. The molecule has 0 aliphatic heterocycles. The van der Waals surface area contributed by atoms with Gasteiger partial charge in [-0.3, -0.25) is 0 Å². The number of sulfonamides is 1. The third-order valence-corrected chi connectivity index (χ3v) is 4.91. The number of halogens is 3. The Bertz CT molecular complexity index is 870. The van der Waals surface area contributed by atoms with Gasteiger partial charge in [-0.2, -0.15) is 13.2 Å². The van der Waals surface area contributed by atoms with Gasteiger partial charge in [0, 0.05) is 18.3 Å². The Kier molecular flexibility index (Phi) is 6.09. The lowest BCUT2D eigenvalue weighted by Gasteiger charge is -2.13. The summed E-state index contributed by atoms with van der Waals surface area (Å²) in [5.41, 5.74) is 0.656. The van der Waals surface area contributed by atoms with Crippen LogP contribution in [0.15, 0.2) is 41.4 Å². The van der Waals surface area contributed by atoms with Gasteiger partial charge < -0.3 is 9.47 Å². The van der Waals surface area contributed by atoms with E-state index in [0.29, 0.717) is 11.3 Å². The maximum absolute atomic E-state index is 12.5. The molecule has 2 rings (SSSR count). The highest BCUT2D eigenvalue weighted by molar-refractivity contribution is 7.89. The van der Waals surface area contributed by atoms with Crippen LogP contribution in [0.1, 0.15) is 11.1 Å². The number of hydrogen-bond donors (Lipinski definition) is 1. The average Bonchev–Trinajstić information content (AvgIpc) is 2.57. The maximum atomic E-state index is 12.5. The molecular weight excluding hydrogens is 373 g/mol.